The maximum atomic E-state index is 13.0. The molecule has 0 N–H and O–H groups in total. The van der Waals surface area contributed by atoms with Crippen molar-refractivity contribution in [3.8, 4) is 11.4 Å². The van der Waals surface area contributed by atoms with Crippen LogP contribution in [0.4, 0.5) is 4.39 Å². The van der Waals surface area contributed by atoms with E-state index in [4.69, 9.17) is 0 Å². The summed E-state index contributed by atoms with van der Waals surface area (Å²) in [5.74, 6) is 0.625. The summed E-state index contributed by atoms with van der Waals surface area (Å²) in [6, 6.07) is 16.6. The highest BCUT2D eigenvalue weighted by atomic mass is 32.2. The predicted molar refractivity (Wildman–Crippen MR) is 87.1 cm³/mol. The Labute approximate surface area is 133 Å². The fourth-order valence-electron chi connectivity index (χ4n) is 2.22. The van der Waals surface area contributed by atoms with E-state index in [1.54, 1.807) is 11.8 Å². The molecule has 0 fully saturated rings. The van der Waals surface area contributed by atoms with Crippen LogP contribution in [0.2, 0.25) is 0 Å². The first-order valence-corrected chi connectivity index (χ1v) is 7.90. The van der Waals surface area contributed by atoms with Gasteiger partial charge in [0.1, 0.15) is 5.82 Å². The smallest absolute Gasteiger partial charge is 0.191 e. The van der Waals surface area contributed by atoms with Gasteiger partial charge in [-0.2, -0.15) is 0 Å². The van der Waals surface area contributed by atoms with Crippen LogP contribution >= 0.6 is 11.8 Å². The molecule has 0 amide bonds. The van der Waals surface area contributed by atoms with Crippen molar-refractivity contribution in [3.05, 3.63) is 66.0 Å². The zero-order valence-corrected chi connectivity index (χ0v) is 13.2. The molecule has 0 radical (unpaired) electrons. The number of benzene rings is 2. The number of hydrogen-bond acceptors (Lipinski definition) is 3. The molecule has 0 unspecified atom stereocenters. The van der Waals surface area contributed by atoms with Crippen molar-refractivity contribution in [3.63, 3.8) is 0 Å². The highest BCUT2D eigenvalue weighted by Crippen LogP contribution is 2.34. The highest BCUT2D eigenvalue weighted by Gasteiger charge is 2.15. The molecule has 3 nitrogen and oxygen atoms in total. The van der Waals surface area contributed by atoms with E-state index in [1.807, 2.05) is 54.1 Å². The van der Waals surface area contributed by atoms with Gasteiger partial charge in [0.15, 0.2) is 11.0 Å². The van der Waals surface area contributed by atoms with Crippen LogP contribution in [-0.4, -0.2) is 14.8 Å². The fraction of sp³-hybridized carbons (Fsp3) is 0.176. The summed E-state index contributed by atoms with van der Waals surface area (Å²) in [4.78, 5) is 0. The Morgan fingerprint density at radius 2 is 1.68 bits per heavy atom. The minimum absolute atomic E-state index is 0.173. The standard InChI is InChI=1S/C17H16FN3S/c1-12(13-8-10-15(18)11-9-13)22-17-20-19-16(21(17)2)14-6-4-3-5-7-14/h3-12H,1-2H3/t12-/m0/s1. The summed E-state index contributed by atoms with van der Waals surface area (Å²) in [7, 11) is 1.96. The maximum Gasteiger partial charge on any atom is 0.191 e. The quantitative estimate of drug-likeness (QED) is 0.666. The molecule has 0 aliphatic rings. The van der Waals surface area contributed by atoms with E-state index in [-0.39, 0.29) is 11.1 Å². The summed E-state index contributed by atoms with van der Waals surface area (Å²) < 4.78 is 15.0. The molecule has 0 spiro atoms. The molecule has 5 heteroatoms. The van der Waals surface area contributed by atoms with Crippen molar-refractivity contribution in [1.82, 2.24) is 14.8 Å². The molecule has 22 heavy (non-hydrogen) atoms. The first kappa shape index (κ1) is 14.8. The van der Waals surface area contributed by atoms with Crippen LogP contribution in [0.5, 0.6) is 0 Å². The minimum Gasteiger partial charge on any atom is -0.305 e. The predicted octanol–water partition coefficient (Wildman–Crippen LogP) is 4.47. The average Bonchev–Trinajstić information content (AvgIpc) is 2.90. The topological polar surface area (TPSA) is 30.7 Å². The molecule has 0 bridgehead atoms. The largest absolute Gasteiger partial charge is 0.305 e. The molecular weight excluding hydrogens is 297 g/mol. The van der Waals surface area contributed by atoms with Gasteiger partial charge in [-0.15, -0.1) is 10.2 Å². The van der Waals surface area contributed by atoms with Crippen LogP contribution in [0.1, 0.15) is 17.7 Å². The molecular formula is C17H16FN3S. The number of thioether (sulfide) groups is 1. The Hall–Kier alpha value is -2.14. The van der Waals surface area contributed by atoms with E-state index in [1.165, 1.54) is 12.1 Å². The highest BCUT2D eigenvalue weighted by molar-refractivity contribution is 7.99. The number of aromatic nitrogens is 3. The summed E-state index contributed by atoms with van der Waals surface area (Å²) in [6.07, 6.45) is 0. The minimum atomic E-state index is -0.217. The lowest BCUT2D eigenvalue weighted by Gasteiger charge is -2.11. The Bertz CT molecular complexity index is 753. The molecule has 0 saturated heterocycles. The van der Waals surface area contributed by atoms with Gasteiger partial charge in [-0.1, -0.05) is 54.2 Å². The molecule has 0 aliphatic heterocycles. The third-order valence-corrected chi connectivity index (χ3v) is 4.68. The molecule has 3 aromatic rings. The Morgan fingerprint density at radius 1 is 1.00 bits per heavy atom. The van der Waals surface area contributed by atoms with Gasteiger partial charge in [0.2, 0.25) is 0 Å². The van der Waals surface area contributed by atoms with Gasteiger partial charge >= 0.3 is 0 Å². The summed E-state index contributed by atoms with van der Waals surface area (Å²) in [6.45, 7) is 2.08. The molecule has 3 rings (SSSR count). The summed E-state index contributed by atoms with van der Waals surface area (Å²) in [5, 5.41) is 9.57. The first-order valence-electron chi connectivity index (χ1n) is 7.02. The Kier molecular flexibility index (Phi) is 4.24. The number of rotatable bonds is 4. The van der Waals surface area contributed by atoms with Crippen LogP contribution < -0.4 is 0 Å². The lowest BCUT2D eigenvalue weighted by atomic mass is 10.2. The zero-order chi connectivity index (χ0) is 15.5. The van der Waals surface area contributed by atoms with E-state index in [2.05, 4.69) is 17.1 Å². The molecule has 112 valence electrons. The molecule has 1 atom stereocenters. The van der Waals surface area contributed by atoms with Crippen LogP contribution in [0, 0.1) is 5.82 Å². The van der Waals surface area contributed by atoms with Crippen molar-refractivity contribution in [2.45, 2.75) is 17.3 Å². The first-order chi connectivity index (χ1) is 10.6. The summed E-state index contributed by atoms with van der Waals surface area (Å²) >= 11 is 1.61. The van der Waals surface area contributed by atoms with E-state index < -0.39 is 0 Å². The molecule has 1 heterocycles. The molecule has 0 saturated carbocycles. The van der Waals surface area contributed by atoms with Gasteiger partial charge in [-0.05, 0) is 24.6 Å². The molecule has 1 aromatic heterocycles. The van der Waals surface area contributed by atoms with Crippen LogP contribution in [0.3, 0.4) is 0 Å². The van der Waals surface area contributed by atoms with E-state index >= 15 is 0 Å². The lowest BCUT2D eigenvalue weighted by molar-refractivity contribution is 0.627. The van der Waals surface area contributed by atoms with Gasteiger partial charge < -0.3 is 4.57 Å². The fourth-order valence-corrected chi connectivity index (χ4v) is 3.16. The number of hydrogen-bond donors (Lipinski definition) is 0. The maximum absolute atomic E-state index is 13.0. The van der Waals surface area contributed by atoms with Gasteiger partial charge in [-0.25, -0.2) is 4.39 Å². The van der Waals surface area contributed by atoms with Crippen molar-refractivity contribution < 1.29 is 4.39 Å². The van der Waals surface area contributed by atoms with Gasteiger partial charge in [0.05, 0.1) is 0 Å². The number of halogens is 1. The van der Waals surface area contributed by atoms with Crippen molar-refractivity contribution in [2.75, 3.05) is 0 Å². The van der Waals surface area contributed by atoms with Crippen LogP contribution in [0.25, 0.3) is 11.4 Å². The number of nitrogens with zero attached hydrogens (tertiary/aromatic N) is 3. The monoisotopic (exact) mass is 313 g/mol. The Morgan fingerprint density at radius 3 is 2.36 bits per heavy atom. The van der Waals surface area contributed by atoms with Crippen molar-refractivity contribution >= 4 is 11.8 Å². The third-order valence-electron chi connectivity index (χ3n) is 3.49. The van der Waals surface area contributed by atoms with Crippen molar-refractivity contribution in [2.24, 2.45) is 7.05 Å². The van der Waals surface area contributed by atoms with Crippen LogP contribution in [0.15, 0.2) is 59.8 Å². The van der Waals surface area contributed by atoms with Crippen molar-refractivity contribution in [1.29, 1.82) is 0 Å². The van der Waals surface area contributed by atoms with E-state index in [0.717, 1.165) is 22.1 Å². The van der Waals surface area contributed by atoms with Crippen LogP contribution in [-0.2, 0) is 7.05 Å². The SMILES string of the molecule is C[C@H](Sc1nnc(-c2ccccc2)n1C)c1ccc(F)cc1. The van der Waals surface area contributed by atoms with E-state index in [0.29, 0.717) is 0 Å². The second-order valence-electron chi connectivity index (χ2n) is 5.04. The van der Waals surface area contributed by atoms with E-state index in [9.17, 15) is 4.39 Å². The second-order valence-corrected chi connectivity index (χ2v) is 6.35. The van der Waals surface area contributed by atoms with Gasteiger partial charge in [0.25, 0.3) is 0 Å². The normalized spacial score (nSPS) is 12.3. The molecule has 0 aliphatic carbocycles. The molecule has 2 aromatic carbocycles. The second kappa shape index (κ2) is 6.32. The summed E-state index contributed by atoms with van der Waals surface area (Å²) in [5.41, 5.74) is 2.11. The average molecular weight is 313 g/mol. The van der Waals surface area contributed by atoms with Gasteiger partial charge in [-0.3, -0.25) is 0 Å². The Balaban J connectivity index is 1.82. The van der Waals surface area contributed by atoms with Gasteiger partial charge in [0, 0.05) is 17.9 Å². The zero-order valence-electron chi connectivity index (χ0n) is 12.4. The lowest BCUT2D eigenvalue weighted by Crippen LogP contribution is -1.97. The third kappa shape index (κ3) is 3.04.